The zero-order valence-electron chi connectivity index (χ0n) is 12.9. The quantitative estimate of drug-likeness (QED) is 0.678. The van der Waals surface area contributed by atoms with Gasteiger partial charge in [0.2, 0.25) is 0 Å². The van der Waals surface area contributed by atoms with Crippen molar-refractivity contribution in [1.82, 2.24) is 9.38 Å². The lowest BCUT2D eigenvalue weighted by Gasteiger charge is -2.10. The van der Waals surface area contributed by atoms with Crippen molar-refractivity contribution < 1.29 is 19.0 Å². The summed E-state index contributed by atoms with van der Waals surface area (Å²) < 4.78 is 17.6. The topological polar surface area (TPSA) is 62.1 Å². The highest BCUT2D eigenvalue weighted by Gasteiger charge is 2.12. The van der Waals surface area contributed by atoms with Crippen molar-refractivity contribution in [2.45, 2.75) is 6.61 Å². The first-order valence-corrected chi connectivity index (χ1v) is 7.03. The summed E-state index contributed by atoms with van der Waals surface area (Å²) in [7, 11) is 2.86. The molecule has 0 unspecified atom stereocenters. The average molecular weight is 312 g/mol. The minimum absolute atomic E-state index is 0.301. The maximum atomic E-state index is 11.5. The molecule has 118 valence electrons. The van der Waals surface area contributed by atoms with Gasteiger partial charge in [0.1, 0.15) is 12.3 Å². The number of methoxy groups -OCH3 is 2. The van der Waals surface area contributed by atoms with Crippen molar-refractivity contribution in [3.63, 3.8) is 0 Å². The lowest BCUT2D eigenvalue weighted by Crippen LogP contribution is -2.03. The van der Waals surface area contributed by atoms with Gasteiger partial charge in [-0.1, -0.05) is 6.07 Å². The fraction of sp³-hybridized carbons (Fsp3) is 0.176. The molecule has 3 aromatic rings. The number of fused-ring (bicyclic) bond motifs is 1. The van der Waals surface area contributed by atoms with Crippen molar-refractivity contribution in [1.29, 1.82) is 0 Å². The van der Waals surface area contributed by atoms with Crippen molar-refractivity contribution in [3.05, 3.63) is 60.0 Å². The first-order chi connectivity index (χ1) is 11.2. The SMILES string of the molecule is COC(=O)c1ccc(OCc2cn3ccccc3n2)c(OC)c1. The van der Waals surface area contributed by atoms with E-state index >= 15 is 0 Å². The number of esters is 1. The van der Waals surface area contributed by atoms with Crippen molar-refractivity contribution in [2.75, 3.05) is 14.2 Å². The lowest BCUT2D eigenvalue weighted by atomic mass is 10.2. The summed E-state index contributed by atoms with van der Waals surface area (Å²) in [5.41, 5.74) is 2.07. The monoisotopic (exact) mass is 312 g/mol. The predicted octanol–water partition coefficient (Wildman–Crippen LogP) is 2.71. The number of benzene rings is 1. The van der Waals surface area contributed by atoms with E-state index in [0.717, 1.165) is 11.3 Å². The van der Waals surface area contributed by atoms with Gasteiger partial charge in [0, 0.05) is 12.4 Å². The molecule has 6 heteroatoms. The Morgan fingerprint density at radius 3 is 2.78 bits per heavy atom. The van der Waals surface area contributed by atoms with Gasteiger partial charge in [-0.05, 0) is 30.3 Å². The summed E-state index contributed by atoms with van der Waals surface area (Å²) in [6.45, 7) is 0.301. The molecule has 0 aliphatic carbocycles. The van der Waals surface area contributed by atoms with Gasteiger partial charge in [0.25, 0.3) is 0 Å². The molecular weight excluding hydrogens is 296 g/mol. The second kappa shape index (κ2) is 6.39. The van der Waals surface area contributed by atoms with E-state index in [1.807, 2.05) is 35.0 Å². The maximum absolute atomic E-state index is 11.5. The summed E-state index contributed by atoms with van der Waals surface area (Å²) in [4.78, 5) is 16.0. The third-order valence-electron chi connectivity index (χ3n) is 3.37. The van der Waals surface area contributed by atoms with Crippen LogP contribution in [0.25, 0.3) is 5.65 Å². The molecule has 2 heterocycles. The van der Waals surface area contributed by atoms with Crippen molar-refractivity contribution in [3.8, 4) is 11.5 Å². The third-order valence-corrected chi connectivity index (χ3v) is 3.37. The zero-order valence-corrected chi connectivity index (χ0v) is 12.9. The Bertz CT molecular complexity index is 808. The van der Waals surface area contributed by atoms with Crippen LogP contribution in [0.5, 0.6) is 11.5 Å². The van der Waals surface area contributed by atoms with Crippen LogP contribution in [0.4, 0.5) is 0 Å². The van der Waals surface area contributed by atoms with Gasteiger partial charge in [-0.15, -0.1) is 0 Å². The Morgan fingerprint density at radius 1 is 1.17 bits per heavy atom. The molecule has 0 amide bonds. The Hall–Kier alpha value is -3.02. The number of aromatic nitrogens is 2. The number of imidazole rings is 1. The Morgan fingerprint density at radius 2 is 2.04 bits per heavy atom. The van der Waals surface area contributed by atoms with Crippen LogP contribution in [0.2, 0.25) is 0 Å². The minimum atomic E-state index is -0.421. The van der Waals surface area contributed by atoms with Gasteiger partial charge in [0.05, 0.1) is 25.5 Å². The van der Waals surface area contributed by atoms with E-state index in [-0.39, 0.29) is 0 Å². The molecule has 0 aliphatic heterocycles. The number of rotatable bonds is 5. The normalized spacial score (nSPS) is 10.5. The maximum Gasteiger partial charge on any atom is 0.337 e. The van der Waals surface area contributed by atoms with Gasteiger partial charge >= 0.3 is 5.97 Å². The molecule has 0 spiro atoms. The van der Waals surface area contributed by atoms with Crippen LogP contribution in [-0.2, 0) is 11.3 Å². The van der Waals surface area contributed by atoms with Crippen LogP contribution in [-0.4, -0.2) is 29.6 Å². The largest absolute Gasteiger partial charge is 0.493 e. The number of ether oxygens (including phenoxy) is 3. The molecule has 0 saturated heterocycles. The van der Waals surface area contributed by atoms with Crippen LogP contribution in [0.15, 0.2) is 48.8 Å². The Kier molecular flexibility index (Phi) is 4.14. The summed E-state index contributed by atoms with van der Waals surface area (Å²) >= 11 is 0. The Balaban J connectivity index is 1.78. The molecule has 0 N–H and O–H groups in total. The average Bonchev–Trinajstić information content (AvgIpc) is 3.02. The number of hydrogen-bond acceptors (Lipinski definition) is 5. The van der Waals surface area contributed by atoms with Gasteiger partial charge in [-0.3, -0.25) is 0 Å². The smallest absolute Gasteiger partial charge is 0.337 e. The molecular formula is C17H16N2O4. The number of nitrogens with zero attached hydrogens (tertiary/aromatic N) is 2. The van der Waals surface area contributed by atoms with E-state index in [9.17, 15) is 4.79 Å². The van der Waals surface area contributed by atoms with E-state index < -0.39 is 5.97 Å². The highest BCUT2D eigenvalue weighted by molar-refractivity contribution is 5.90. The number of carbonyl (C=O) groups excluding carboxylic acids is 1. The van der Waals surface area contributed by atoms with Gasteiger partial charge in [-0.25, -0.2) is 9.78 Å². The molecule has 0 saturated carbocycles. The molecule has 6 nitrogen and oxygen atoms in total. The molecule has 0 radical (unpaired) electrons. The highest BCUT2D eigenvalue weighted by atomic mass is 16.5. The highest BCUT2D eigenvalue weighted by Crippen LogP contribution is 2.29. The fourth-order valence-electron chi connectivity index (χ4n) is 2.24. The van der Waals surface area contributed by atoms with Crippen LogP contribution in [0, 0.1) is 0 Å². The van der Waals surface area contributed by atoms with E-state index in [4.69, 9.17) is 14.2 Å². The number of hydrogen-bond donors (Lipinski definition) is 0. The first kappa shape index (κ1) is 14.9. The van der Waals surface area contributed by atoms with E-state index in [0.29, 0.717) is 23.7 Å². The molecule has 23 heavy (non-hydrogen) atoms. The summed E-state index contributed by atoms with van der Waals surface area (Å²) in [5.74, 6) is 0.587. The molecule has 2 aromatic heterocycles. The zero-order chi connectivity index (χ0) is 16.2. The lowest BCUT2D eigenvalue weighted by molar-refractivity contribution is 0.0600. The summed E-state index contributed by atoms with van der Waals surface area (Å²) in [6, 6.07) is 10.7. The Labute approximate surface area is 133 Å². The fourth-order valence-corrected chi connectivity index (χ4v) is 2.24. The molecule has 3 rings (SSSR count). The second-order valence-corrected chi connectivity index (χ2v) is 4.84. The van der Waals surface area contributed by atoms with Crippen LogP contribution in [0.1, 0.15) is 16.1 Å². The van der Waals surface area contributed by atoms with Crippen LogP contribution in [0.3, 0.4) is 0 Å². The first-order valence-electron chi connectivity index (χ1n) is 7.03. The second-order valence-electron chi connectivity index (χ2n) is 4.84. The molecule has 0 atom stereocenters. The molecule has 0 aliphatic rings. The third kappa shape index (κ3) is 3.11. The van der Waals surface area contributed by atoms with Crippen LogP contribution >= 0.6 is 0 Å². The predicted molar refractivity (Wildman–Crippen MR) is 83.9 cm³/mol. The molecule has 0 bridgehead atoms. The van der Waals surface area contributed by atoms with Crippen molar-refractivity contribution >= 4 is 11.6 Å². The molecule has 0 fully saturated rings. The van der Waals surface area contributed by atoms with Crippen molar-refractivity contribution in [2.24, 2.45) is 0 Å². The van der Waals surface area contributed by atoms with Gasteiger partial charge in [0.15, 0.2) is 11.5 Å². The van der Waals surface area contributed by atoms with E-state index in [1.54, 1.807) is 18.2 Å². The minimum Gasteiger partial charge on any atom is -0.493 e. The van der Waals surface area contributed by atoms with E-state index in [1.165, 1.54) is 14.2 Å². The number of pyridine rings is 1. The van der Waals surface area contributed by atoms with Gasteiger partial charge in [-0.2, -0.15) is 0 Å². The van der Waals surface area contributed by atoms with E-state index in [2.05, 4.69) is 4.98 Å². The van der Waals surface area contributed by atoms with Crippen LogP contribution < -0.4 is 9.47 Å². The number of carbonyl (C=O) groups is 1. The van der Waals surface area contributed by atoms with Gasteiger partial charge < -0.3 is 18.6 Å². The summed E-state index contributed by atoms with van der Waals surface area (Å²) in [5, 5.41) is 0. The molecule has 1 aromatic carbocycles. The summed E-state index contributed by atoms with van der Waals surface area (Å²) in [6.07, 6.45) is 3.84. The standard InChI is InChI=1S/C17H16N2O4/c1-21-15-9-12(17(20)22-2)6-7-14(15)23-11-13-10-19-8-4-3-5-16(19)18-13/h3-10H,11H2,1-2H3.